The van der Waals surface area contributed by atoms with Gasteiger partial charge in [-0.15, -0.1) is 11.8 Å². The molecule has 1 N–H and O–H groups in total. The molecule has 0 atom stereocenters. The maximum Gasteiger partial charge on any atom is 0.0992 e. The molecule has 0 saturated carbocycles. The first-order valence-corrected chi connectivity index (χ1v) is 10.4. The molecule has 1 saturated heterocycles. The number of aromatic amines is 1. The first-order valence-electron chi connectivity index (χ1n) is 9.01. The van der Waals surface area contributed by atoms with Gasteiger partial charge in [-0.3, -0.25) is 4.99 Å². The molecule has 4 rings (SSSR count). The summed E-state index contributed by atoms with van der Waals surface area (Å²) >= 11 is 7.85. The standard InChI is InChI=1S/C21H22ClN3S/c22-17-9-7-16(8-10-17)15-25-12-3-6-21(25)23-11-13-26-20-14-24-19-5-2-1-4-18(19)20/h1-2,4-5,7-10,14,24H,3,6,11-13,15H2/b23-21+. The Morgan fingerprint density at radius 2 is 1.96 bits per heavy atom. The van der Waals surface area contributed by atoms with Crippen molar-refractivity contribution in [2.24, 2.45) is 4.99 Å². The quantitative estimate of drug-likeness (QED) is 0.443. The highest BCUT2D eigenvalue weighted by Crippen LogP contribution is 2.27. The second-order valence-electron chi connectivity index (χ2n) is 6.50. The van der Waals surface area contributed by atoms with E-state index in [1.165, 1.54) is 33.6 Å². The Balaban J connectivity index is 1.33. The van der Waals surface area contributed by atoms with Crippen molar-refractivity contribution >= 4 is 40.1 Å². The van der Waals surface area contributed by atoms with Crippen LogP contribution < -0.4 is 0 Å². The monoisotopic (exact) mass is 383 g/mol. The van der Waals surface area contributed by atoms with Crippen molar-refractivity contribution in [1.82, 2.24) is 9.88 Å². The van der Waals surface area contributed by atoms with E-state index in [1.807, 2.05) is 23.9 Å². The fourth-order valence-electron chi connectivity index (χ4n) is 3.37. The van der Waals surface area contributed by atoms with Crippen molar-refractivity contribution in [3.63, 3.8) is 0 Å². The third-order valence-electron chi connectivity index (χ3n) is 4.67. The first-order chi connectivity index (χ1) is 12.8. The number of fused-ring (bicyclic) bond motifs is 1. The number of para-hydroxylation sites is 1. The summed E-state index contributed by atoms with van der Waals surface area (Å²) in [5, 5.41) is 2.09. The lowest BCUT2D eigenvalue weighted by atomic mass is 10.2. The Labute approximate surface area is 163 Å². The van der Waals surface area contributed by atoms with Crippen molar-refractivity contribution in [3.8, 4) is 0 Å². The molecular formula is C21H22ClN3S. The normalized spacial score (nSPS) is 16.0. The van der Waals surface area contributed by atoms with Crippen molar-refractivity contribution in [3.05, 3.63) is 65.3 Å². The lowest BCUT2D eigenvalue weighted by Crippen LogP contribution is -2.24. The van der Waals surface area contributed by atoms with Gasteiger partial charge >= 0.3 is 0 Å². The number of nitrogens with zero attached hydrogens (tertiary/aromatic N) is 2. The fraction of sp³-hybridized carbons (Fsp3) is 0.286. The van der Waals surface area contributed by atoms with Crippen LogP contribution >= 0.6 is 23.4 Å². The number of nitrogens with one attached hydrogen (secondary N) is 1. The molecule has 1 aromatic heterocycles. The molecule has 0 aliphatic carbocycles. The number of hydrogen-bond donors (Lipinski definition) is 1. The van der Waals surface area contributed by atoms with Gasteiger partial charge in [0.15, 0.2) is 0 Å². The Kier molecular flexibility index (Phi) is 5.51. The molecule has 0 spiro atoms. The molecule has 2 aromatic carbocycles. The average molecular weight is 384 g/mol. The molecule has 1 aliphatic rings. The van der Waals surface area contributed by atoms with E-state index in [9.17, 15) is 0 Å². The summed E-state index contributed by atoms with van der Waals surface area (Å²) in [5.74, 6) is 2.25. The molecule has 2 heterocycles. The first kappa shape index (κ1) is 17.5. The molecule has 1 fully saturated rings. The third-order valence-corrected chi connectivity index (χ3v) is 5.96. The third kappa shape index (κ3) is 4.08. The van der Waals surface area contributed by atoms with E-state index in [1.54, 1.807) is 0 Å². The number of hydrogen-bond acceptors (Lipinski definition) is 2. The van der Waals surface area contributed by atoms with Gasteiger partial charge in [0, 0.05) is 52.3 Å². The van der Waals surface area contributed by atoms with E-state index in [0.717, 1.165) is 36.8 Å². The number of likely N-dealkylation sites (tertiary alicyclic amines) is 1. The van der Waals surface area contributed by atoms with E-state index >= 15 is 0 Å². The summed E-state index contributed by atoms with van der Waals surface area (Å²) < 4.78 is 0. The topological polar surface area (TPSA) is 31.4 Å². The van der Waals surface area contributed by atoms with E-state index in [4.69, 9.17) is 16.6 Å². The van der Waals surface area contributed by atoms with E-state index in [-0.39, 0.29) is 0 Å². The fourth-order valence-corrected chi connectivity index (χ4v) is 4.37. The minimum Gasteiger partial charge on any atom is -0.360 e. The molecular weight excluding hydrogens is 362 g/mol. The summed E-state index contributed by atoms with van der Waals surface area (Å²) in [6, 6.07) is 16.6. The second-order valence-corrected chi connectivity index (χ2v) is 8.07. The van der Waals surface area contributed by atoms with Gasteiger partial charge in [-0.05, 0) is 30.2 Å². The minimum absolute atomic E-state index is 0.790. The zero-order chi connectivity index (χ0) is 17.8. The highest BCUT2D eigenvalue weighted by Gasteiger charge is 2.18. The number of thioether (sulfide) groups is 1. The Morgan fingerprint density at radius 3 is 2.85 bits per heavy atom. The Bertz CT molecular complexity index is 901. The van der Waals surface area contributed by atoms with Crippen molar-refractivity contribution in [2.45, 2.75) is 24.3 Å². The molecule has 0 amide bonds. The number of benzene rings is 2. The Hall–Kier alpha value is -1.91. The summed E-state index contributed by atoms with van der Waals surface area (Å²) in [4.78, 5) is 11.9. The predicted octanol–water partition coefficient (Wildman–Crippen LogP) is 5.61. The van der Waals surface area contributed by atoms with Crippen LogP contribution in [-0.2, 0) is 6.54 Å². The van der Waals surface area contributed by atoms with Crippen LogP contribution in [0.5, 0.6) is 0 Å². The van der Waals surface area contributed by atoms with Crippen LogP contribution in [0.4, 0.5) is 0 Å². The van der Waals surface area contributed by atoms with Crippen LogP contribution in [0, 0.1) is 0 Å². The van der Waals surface area contributed by atoms with E-state index in [2.05, 4.69) is 52.5 Å². The van der Waals surface area contributed by atoms with Crippen LogP contribution in [0.1, 0.15) is 18.4 Å². The minimum atomic E-state index is 0.790. The van der Waals surface area contributed by atoms with Crippen LogP contribution in [0.3, 0.4) is 0 Å². The molecule has 3 aromatic rings. The molecule has 0 radical (unpaired) electrons. The van der Waals surface area contributed by atoms with Gasteiger partial charge in [0.1, 0.15) is 0 Å². The average Bonchev–Trinajstić information content (AvgIpc) is 3.28. The number of halogens is 1. The number of amidine groups is 1. The maximum atomic E-state index is 5.98. The zero-order valence-electron chi connectivity index (χ0n) is 14.6. The van der Waals surface area contributed by atoms with Crippen molar-refractivity contribution < 1.29 is 0 Å². The van der Waals surface area contributed by atoms with Gasteiger partial charge in [0.25, 0.3) is 0 Å². The largest absolute Gasteiger partial charge is 0.360 e. The maximum absolute atomic E-state index is 5.98. The highest BCUT2D eigenvalue weighted by atomic mass is 35.5. The van der Waals surface area contributed by atoms with Crippen LogP contribution in [0.25, 0.3) is 10.9 Å². The summed E-state index contributed by atoms with van der Waals surface area (Å²) in [5.41, 5.74) is 2.49. The smallest absolute Gasteiger partial charge is 0.0992 e. The SMILES string of the molecule is Clc1ccc(CN2CCC/C2=N\CCSc2c[nH]c3ccccc23)cc1. The molecule has 0 unspecified atom stereocenters. The summed E-state index contributed by atoms with van der Waals surface area (Å²) in [7, 11) is 0. The van der Waals surface area contributed by atoms with Crippen molar-refractivity contribution in [2.75, 3.05) is 18.8 Å². The highest BCUT2D eigenvalue weighted by molar-refractivity contribution is 7.99. The number of aliphatic imine (C=N–C) groups is 1. The second kappa shape index (κ2) is 8.19. The van der Waals surface area contributed by atoms with E-state index in [0.29, 0.717) is 0 Å². The summed E-state index contributed by atoms with van der Waals surface area (Å²) in [6.45, 7) is 2.87. The van der Waals surface area contributed by atoms with Crippen LogP contribution in [-0.4, -0.2) is 34.6 Å². The predicted molar refractivity (Wildman–Crippen MR) is 112 cm³/mol. The molecule has 134 valence electrons. The van der Waals surface area contributed by atoms with Gasteiger partial charge in [0.2, 0.25) is 0 Å². The lowest BCUT2D eigenvalue weighted by molar-refractivity contribution is 0.447. The molecule has 1 aliphatic heterocycles. The number of rotatable bonds is 6. The molecule has 26 heavy (non-hydrogen) atoms. The van der Waals surface area contributed by atoms with E-state index < -0.39 is 0 Å². The number of aromatic nitrogens is 1. The lowest BCUT2D eigenvalue weighted by Gasteiger charge is -2.19. The molecule has 0 bridgehead atoms. The molecule has 5 heteroatoms. The van der Waals surface area contributed by atoms with Crippen molar-refractivity contribution in [1.29, 1.82) is 0 Å². The van der Waals surface area contributed by atoms with Gasteiger partial charge < -0.3 is 9.88 Å². The number of H-pyrrole nitrogens is 1. The summed E-state index contributed by atoms with van der Waals surface area (Å²) in [6.07, 6.45) is 4.39. The zero-order valence-corrected chi connectivity index (χ0v) is 16.2. The van der Waals surface area contributed by atoms with Gasteiger partial charge in [0.05, 0.1) is 12.4 Å². The van der Waals surface area contributed by atoms with Crippen LogP contribution in [0.2, 0.25) is 5.02 Å². The van der Waals surface area contributed by atoms with Gasteiger partial charge in [-0.1, -0.05) is 41.9 Å². The van der Waals surface area contributed by atoms with Crippen LogP contribution in [0.15, 0.2) is 64.6 Å². The molecule has 3 nitrogen and oxygen atoms in total. The Morgan fingerprint density at radius 1 is 1.12 bits per heavy atom. The van der Waals surface area contributed by atoms with Gasteiger partial charge in [-0.2, -0.15) is 0 Å². The van der Waals surface area contributed by atoms with Gasteiger partial charge in [-0.25, -0.2) is 0 Å².